The highest BCUT2D eigenvalue weighted by atomic mass is 19.1. The van der Waals surface area contributed by atoms with E-state index in [1.807, 2.05) is 0 Å². The fraction of sp³-hybridized carbons (Fsp3) is 0.429. The third-order valence-corrected chi connectivity index (χ3v) is 2.42. The van der Waals surface area contributed by atoms with E-state index in [9.17, 15) is 14.0 Å². The van der Waals surface area contributed by atoms with Crippen molar-refractivity contribution in [3.63, 3.8) is 0 Å². The first-order chi connectivity index (χ1) is 9.53. The van der Waals surface area contributed by atoms with Crippen LogP contribution in [0.4, 0.5) is 4.39 Å². The molecule has 0 heterocycles. The number of methoxy groups -OCH3 is 1. The van der Waals surface area contributed by atoms with E-state index in [2.05, 4.69) is 4.74 Å². The molecule has 1 atom stereocenters. The Morgan fingerprint density at radius 3 is 2.00 bits per heavy atom. The Balaban J connectivity index is 3.08. The van der Waals surface area contributed by atoms with E-state index in [0.29, 0.717) is 24.7 Å². The molecule has 0 amide bonds. The molecule has 0 saturated carbocycles. The summed E-state index contributed by atoms with van der Waals surface area (Å²) >= 11 is 0. The van der Waals surface area contributed by atoms with Gasteiger partial charge in [-0.3, -0.25) is 4.79 Å². The summed E-state index contributed by atoms with van der Waals surface area (Å²) < 4.78 is 28.4. The minimum atomic E-state index is -2.36. The number of alkyl halides is 1. The van der Waals surface area contributed by atoms with Crippen molar-refractivity contribution < 1.29 is 28.2 Å². The van der Waals surface area contributed by atoms with E-state index in [0.717, 1.165) is 7.11 Å². The SMILES string of the molecule is CCOc1cc(OCC)cc(C(=O)C(F)C(=O)OC)c1. The second-order valence-corrected chi connectivity index (χ2v) is 3.81. The monoisotopic (exact) mass is 284 g/mol. The van der Waals surface area contributed by atoms with Crippen LogP contribution in [0.3, 0.4) is 0 Å². The molecule has 1 unspecified atom stereocenters. The number of hydrogen-bond acceptors (Lipinski definition) is 5. The molecule has 1 aromatic rings. The fourth-order valence-electron chi connectivity index (χ4n) is 1.57. The predicted molar refractivity (Wildman–Crippen MR) is 70.0 cm³/mol. The van der Waals surface area contributed by atoms with Gasteiger partial charge in [0.1, 0.15) is 11.5 Å². The van der Waals surface area contributed by atoms with Gasteiger partial charge in [0.2, 0.25) is 5.78 Å². The van der Waals surface area contributed by atoms with Crippen LogP contribution in [-0.4, -0.2) is 38.2 Å². The average Bonchev–Trinajstić information content (AvgIpc) is 2.45. The van der Waals surface area contributed by atoms with Gasteiger partial charge < -0.3 is 14.2 Å². The van der Waals surface area contributed by atoms with Crippen LogP contribution in [0, 0.1) is 0 Å². The summed E-state index contributed by atoms with van der Waals surface area (Å²) in [7, 11) is 1.02. The summed E-state index contributed by atoms with van der Waals surface area (Å²) in [4.78, 5) is 22.9. The van der Waals surface area contributed by atoms with Crippen molar-refractivity contribution in [1.82, 2.24) is 0 Å². The molecular formula is C14H17FO5. The number of ether oxygens (including phenoxy) is 3. The average molecular weight is 284 g/mol. The number of carbonyl (C=O) groups excluding carboxylic acids is 2. The number of rotatable bonds is 7. The highest BCUT2D eigenvalue weighted by molar-refractivity contribution is 6.11. The summed E-state index contributed by atoms with van der Waals surface area (Å²) in [5.41, 5.74) is -0.00250. The van der Waals surface area contributed by atoms with Gasteiger partial charge in [0.25, 0.3) is 6.17 Å². The van der Waals surface area contributed by atoms with E-state index in [-0.39, 0.29) is 5.56 Å². The van der Waals surface area contributed by atoms with Crippen molar-refractivity contribution in [1.29, 1.82) is 0 Å². The maximum absolute atomic E-state index is 13.6. The molecule has 0 spiro atoms. The first-order valence-corrected chi connectivity index (χ1v) is 6.20. The molecule has 1 aromatic carbocycles. The summed E-state index contributed by atoms with van der Waals surface area (Å²) in [6.07, 6.45) is -2.36. The van der Waals surface area contributed by atoms with E-state index < -0.39 is 17.9 Å². The van der Waals surface area contributed by atoms with Crippen molar-refractivity contribution in [2.75, 3.05) is 20.3 Å². The first-order valence-electron chi connectivity index (χ1n) is 6.20. The van der Waals surface area contributed by atoms with E-state index in [4.69, 9.17) is 9.47 Å². The molecule has 6 heteroatoms. The van der Waals surface area contributed by atoms with Gasteiger partial charge >= 0.3 is 5.97 Å². The van der Waals surface area contributed by atoms with Crippen molar-refractivity contribution in [3.8, 4) is 11.5 Å². The molecule has 20 heavy (non-hydrogen) atoms. The summed E-state index contributed by atoms with van der Waals surface area (Å²) in [6, 6.07) is 4.32. The molecule has 0 aliphatic rings. The minimum Gasteiger partial charge on any atom is -0.494 e. The maximum Gasteiger partial charge on any atom is 0.348 e. The number of esters is 1. The van der Waals surface area contributed by atoms with Gasteiger partial charge in [0.05, 0.1) is 20.3 Å². The number of carbonyl (C=O) groups is 2. The number of halogens is 1. The van der Waals surface area contributed by atoms with Crippen LogP contribution in [0.5, 0.6) is 11.5 Å². The van der Waals surface area contributed by atoms with Crippen molar-refractivity contribution in [2.45, 2.75) is 20.0 Å². The lowest BCUT2D eigenvalue weighted by atomic mass is 10.1. The lowest BCUT2D eigenvalue weighted by Crippen LogP contribution is -2.27. The molecule has 0 N–H and O–H groups in total. The molecule has 0 aliphatic carbocycles. The maximum atomic E-state index is 13.6. The molecule has 0 aliphatic heterocycles. The number of benzene rings is 1. The summed E-state index contributed by atoms with van der Waals surface area (Å²) in [5, 5.41) is 0. The quantitative estimate of drug-likeness (QED) is 0.436. The Labute approximate surface area is 116 Å². The van der Waals surface area contributed by atoms with E-state index >= 15 is 0 Å². The van der Waals surface area contributed by atoms with E-state index in [1.165, 1.54) is 12.1 Å². The van der Waals surface area contributed by atoms with Gasteiger partial charge in [0.15, 0.2) is 0 Å². The Morgan fingerprint density at radius 2 is 1.60 bits per heavy atom. The molecule has 0 saturated heterocycles. The second kappa shape index (κ2) is 7.47. The smallest absolute Gasteiger partial charge is 0.348 e. The Bertz CT molecular complexity index is 462. The minimum absolute atomic E-state index is 0.00250. The van der Waals surface area contributed by atoms with Crippen LogP contribution in [0.2, 0.25) is 0 Å². The lowest BCUT2D eigenvalue weighted by molar-refractivity contribution is -0.144. The predicted octanol–water partition coefficient (Wildman–Crippen LogP) is 2.18. The van der Waals surface area contributed by atoms with E-state index in [1.54, 1.807) is 19.9 Å². The van der Waals surface area contributed by atoms with Crippen LogP contribution in [-0.2, 0) is 9.53 Å². The zero-order valence-corrected chi connectivity index (χ0v) is 11.6. The molecule has 5 nitrogen and oxygen atoms in total. The highest BCUT2D eigenvalue weighted by Gasteiger charge is 2.28. The Kier molecular flexibility index (Phi) is 5.96. The molecular weight excluding hydrogens is 267 g/mol. The molecule has 0 aromatic heterocycles. The molecule has 1 rings (SSSR count). The summed E-state index contributed by atoms with van der Waals surface area (Å²) in [6.45, 7) is 4.33. The molecule has 0 radical (unpaired) electrons. The van der Waals surface area contributed by atoms with Crippen LogP contribution in [0.15, 0.2) is 18.2 Å². The zero-order chi connectivity index (χ0) is 15.1. The first kappa shape index (κ1) is 15.9. The van der Waals surface area contributed by atoms with Crippen LogP contribution < -0.4 is 9.47 Å². The Morgan fingerprint density at radius 1 is 1.10 bits per heavy atom. The van der Waals surface area contributed by atoms with Gasteiger partial charge in [-0.25, -0.2) is 9.18 Å². The fourth-order valence-corrected chi connectivity index (χ4v) is 1.57. The summed E-state index contributed by atoms with van der Waals surface area (Å²) in [5.74, 6) is -1.47. The molecule has 0 bridgehead atoms. The Hall–Kier alpha value is -2.11. The molecule has 0 fully saturated rings. The van der Waals surface area contributed by atoms with Crippen LogP contribution >= 0.6 is 0 Å². The third-order valence-electron chi connectivity index (χ3n) is 2.42. The number of Topliss-reactive ketones (excluding diaryl/α,β-unsaturated/α-hetero) is 1. The number of hydrogen-bond donors (Lipinski definition) is 0. The standard InChI is InChI=1S/C14H17FO5/c1-4-19-10-6-9(7-11(8-10)20-5-2)13(16)12(15)14(17)18-3/h6-8,12H,4-5H2,1-3H3. The van der Waals surface area contributed by atoms with Crippen LogP contribution in [0.1, 0.15) is 24.2 Å². The molecule has 110 valence electrons. The van der Waals surface area contributed by atoms with Gasteiger partial charge in [-0.1, -0.05) is 0 Å². The highest BCUT2D eigenvalue weighted by Crippen LogP contribution is 2.24. The van der Waals surface area contributed by atoms with Crippen molar-refractivity contribution >= 4 is 11.8 Å². The van der Waals surface area contributed by atoms with Gasteiger partial charge in [-0.15, -0.1) is 0 Å². The topological polar surface area (TPSA) is 61.8 Å². The third kappa shape index (κ3) is 3.94. The normalized spacial score (nSPS) is 11.6. The van der Waals surface area contributed by atoms with Crippen LogP contribution in [0.25, 0.3) is 0 Å². The second-order valence-electron chi connectivity index (χ2n) is 3.81. The van der Waals surface area contributed by atoms with Crippen molar-refractivity contribution in [3.05, 3.63) is 23.8 Å². The zero-order valence-electron chi connectivity index (χ0n) is 11.6. The van der Waals surface area contributed by atoms with Gasteiger partial charge in [0, 0.05) is 11.6 Å². The largest absolute Gasteiger partial charge is 0.494 e. The number of ketones is 1. The van der Waals surface area contributed by atoms with Gasteiger partial charge in [-0.05, 0) is 26.0 Å². The lowest BCUT2D eigenvalue weighted by Gasteiger charge is -2.11. The van der Waals surface area contributed by atoms with Crippen molar-refractivity contribution in [2.24, 2.45) is 0 Å². The van der Waals surface area contributed by atoms with Gasteiger partial charge in [-0.2, -0.15) is 0 Å².